The summed E-state index contributed by atoms with van der Waals surface area (Å²) < 4.78 is 5.22. The minimum absolute atomic E-state index is 0.0181. The van der Waals surface area contributed by atoms with Gasteiger partial charge in [0.15, 0.2) is 5.78 Å². The maximum Gasteiger partial charge on any atom is 0.186 e. The number of rotatable bonds is 5. The molecule has 2 aromatic rings. The molecule has 0 atom stereocenters. The Morgan fingerprint density at radius 1 is 1.44 bits per heavy atom. The fraction of sp³-hybridized carbons (Fsp3) is 0.231. The molecule has 0 unspecified atom stereocenters. The summed E-state index contributed by atoms with van der Waals surface area (Å²) in [6.45, 7) is 0.368. The minimum Gasteiger partial charge on any atom is -0.496 e. The third-order valence-electron chi connectivity index (χ3n) is 2.56. The van der Waals surface area contributed by atoms with Crippen LogP contribution < -0.4 is 10.5 Å². The topological polar surface area (TPSA) is 65.2 Å². The number of ether oxygens (including phenoxy) is 1. The molecule has 2 N–H and O–H groups in total. The van der Waals surface area contributed by atoms with Crippen LogP contribution >= 0.6 is 11.3 Å². The van der Waals surface area contributed by atoms with Crippen LogP contribution in [0.25, 0.3) is 0 Å². The monoisotopic (exact) mass is 262 g/mol. The Morgan fingerprint density at radius 2 is 2.22 bits per heavy atom. The van der Waals surface area contributed by atoms with Crippen LogP contribution in [0.2, 0.25) is 0 Å². The fourth-order valence-corrected chi connectivity index (χ4v) is 2.32. The normalized spacial score (nSPS) is 10.3. The van der Waals surface area contributed by atoms with Crippen molar-refractivity contribution in [3.05, 3.63) is 45.9 Å². The zero-order valence-corrected chi connectivity index (χ0v) is 10.9. The van der Waals surface area contributed by atoms with Crippen molar-refractivity contribution < 1.29 is 9.53 Å². The largest absolute Gasteiger partial charge is 0.496 e. The van der Waals surface area contributed by atoms with Crippen LogP contribution in [0.4, 0.5) is 0 Å². The zero-order chi connectivity index (χ0) is 13.0. The van der Waals surface area contributed by atoms with E-state index in [-0.39, 0.29) is 12.2 Å². The van der Waals surface area contributed by atoms with Crippen LogP contribution in [0.1, 0.15) is 21.1 Å². The second-order valence-corrected chi connectivity index (χ2v) is 4.69. The minimum atomic E-state index is -0.0181. The van der Waals surface area contributed by atoms with Gasteiger partial charge in [-0.2, -0.15) is 0 Å². The van der Waals surface area contributed by atoms with Crippen LogP contribution in [0.15, 0.2) is 29.6 Å². The van der Waals surface area contributed by atoms with Crippen LogP contribution in [-0.4, -0.2) is 17.9 Å². The number of aromatic nitrogens is 1. The molecule has 5 heteroatoms. The highest BCUT2D eigenvalue weighted by Gasteiger charge is 2.13. The molecule has 2 rings (SSSR count). The van der Waals surface area contributed by atoms with E-state index in [1.54, 1.807) is 12.5 Å². The first kappa shape index (κ1) is 12.7. The van der Waals surface area contributed by atoms with Crippen molar-refractivity contribution in [2.24, 2.45) is 5.73 Å². The number of benzene rings is 1. The van der Waals surface area contributed by atoms with Crippen molar-refractivity contribution in [3.8, 4) is 5.75 Å². The Balaban J connectivity index is 2.16. The van der Waals surface area contributed by atoms with Crippen LogP contribution in [0.3, 0.4) is 0 Å². The van der Waals surface area contributed by atoms with Crippen LogP contribution in [0, 0.1) is 0 Å². The second kappa shape index (κ2) is 5.75. The van der Waals surface area contributed by atoms with Gasteiger partial charge < -0.3 is 10.5 Å². The number of nitrogens with zero attached hydrogens (tertiary/aromatic N) is 1. The first-order chi connectivity index (χ1) is 8.74. The Bertz CT molecular complexity index is 551. The van der Waals surface area contributed by atoms with Crippen LogP contribution in [-0.2, 0) is 13.0 Å². The first-order valence-corrected chi connectivity index (χ1v) is 6.42. The van der Waals surface area contributed by atoms with E-state index in [1.165, 1.54) is 11.3 Å². The van der Waals surface area contributed by atoms with E-state index >= 15 is 0 Å². The third-order valence-corrected chi connectivity index (χ3v) is 3.43. The molecule has 1 aromatic heterocycles. The van der Waals surface area contributed by atoms with Crippen molar-refractivity contribution in [2.45, 2.75) is 13.0 Å². The summed E-state index contributed by atoms with van der Waals surface area (Å²) in [5, 5.41) is 2.53. The van der Waals surface area contributed by atoms with E-state index in [0.717, 1.165) is 16.3 Å². The molecule has 0 spiro atoms. The molecule has 0 aliphatic heterocycles. The molecule has 0 fully saturated rings. The van der Waals surface area contributed by atoms with Crippen molar-refractivity contribution in [3.63, 3.8) is 0 Å². The average Bonchev–Trinajstić information content (AvgIpc) is 2.88. The summed E-state index contributed by atoms with van der Waals surface area (Å²) in [5.41, 5.74) is 6.82. The molecule has 0 aliphatic rings. The van der Waals surface area contributed by atoms with Gasteiger partial charge in [0, 0.05) is 23.9 Å². The highest BCUT2D eigenvalue weighted by atomic mass is 32.1. The molecule has 1 aromatic carbocycles. The second-order valence-electron chi connectivity index (χ2n) is 3.74. The lowest BCUT2D eigenvalue weighted by Crippen LogP contribution is -2.06. The average molecular weight is 262 g/mol. The SMILES string of the molecule is COc1ccccc1CC(=O)c1csc(CN)n1. The number of ketones is 1. The molecule has 18 heavy (non-hydrogen) atoms. The molecule has 1 heterocycles. The lowest BCUT2D eigenvalue weighted by atomic mass is 10.1. The standard InChI is InChI=1S/C13H14N2O2S/c1-17-12-5-3-2-4-9(12)6-11(16)10-8-18-13(7-14)15-10/h2-5,8H,6-7,14H2,1H3. The summed E-state index contributed by atoms with van der Waals surface area (Å²) in [6, 6.07) is 7.49. The summed E-state index contributed by atoms with van der Waals surface area (Å²) in [5.74, 6) is 0.704. The van der Waals surface area contributed by atoms with Gasteiger partial charge in [-0.15, -0.1) is 11.3 Å². The van der Waals surface area contributed by atoms with Crippen LogP contribution in [0.5, 0.6) is 5.75 Å². The number of carbonyl (C=O) groups excluding carboxylic acids is 1. The molecule has 0 saturated carbocycles. The molecule has 94 valence electrons. The quantitative estimate of drug-likeness (QED) is 0.837. The number of Topliss-reactive ketones (excluding diaryl/α,β-unsaturated/α-hetero) is 1. The predicted octanol–water partition coefficient (Wildman–Crippen LogP) is 2.04. The number of carbonyl (C=O) groups is 1. The fourth-order valence-electron chi connectivity index (χ4n) is 1.65. The van der Waals surface area contributed by atoms with Gasteiger partial charge in [-0.3, -0.25) is 4.79 Å². The number of hydrogen-bond donors (Lipinski definition) is 1. The first-order valence-electron chi connectivity index (χ1n) is 5.54. The van der Waals surface area contributed by atoms with E-state index in [9.17, 15) is 4.79 Å². The van der Waals surface area contributed by atoms with Gasteiger partial charge >= 0.3 is 0 Å². The molecule has 0 bridgehead atoms. The molecule has 0 amide bonds. The van der Waals surface area contributed by atoms with Gasteiger partial charge in [-0.25, -0.2) is 4.98 Å². The maximum absolute atomic E-state index is 12.1. The Hall–Kier alpha value is -1.72. The van der Waals surface area contributed by atoms with Gasteiger partial charge in [-0.05, 0) is 6.07 Å². The zero-order valence-electron chi connectivity index (χ0n) is 10.1. The summed E-state index contributed by atoms with van der Waals surface area (Å²) in [7, 11) is 1.60. The van der Waals surface area contributed by atoms with Gasteiger partial charge in [0.25, 0.3) is 0 Å². The summed E-state index contributed by atoms with van der Waals surface area (Å²) in [6.07, 6.45) is 0.289. The van der Waals surface area contributed by atoms with Crippen molar-refractivity contribution in [2.75, 3.05) is 7.11 Å². The van der Waals surface area contributed by atoms with Crippen molar-refractivity contribution >= 4 is 17.1 Å². The van der Waals surface area contributed by atoms with E-state index in [2.05, 4.69) is 4.98 Å². The number of methoxy groups -OCH3 is 1. The van der Waals surface area contributed by atoms with E-state index < -0.39 is 0 Å². The summed E-state index contributed by atoms with van der Waals surface area (Å²) in [4.78, 5) is 16.2. The van der Waals surface area contributed by atoms with E-state index in [4.69, 9.17) is 10.5 Å². The maximum atomic E-state index is 12.1. The third kappa shape index (κ3) is 2.75. The highest BCUT2D eigenvalue weighted by Crippen LogP contribution is 2.20. The molecule has 0 radical (unpaired) electrons. The highest BCUT2D eigenvalue weighted by molar-refractivity contribution is 7.09. The van der Waals surface area contributed by atoms with E-state index in [0.29, 0.717) is 12.2 Å². The summed E-state index contributed by atoms with van der Waals surface area (Å²) >= 11 is 1.41. The lowest BCUT2D eigenvalue weighted by molar-refractivity contribution is 0.0988. The van der Waals surface area contributed by atoms with Gasteiger partial charge in [-0.1, -0.05) is 18.2 Å². The smallest absolute Gasteiger partial charge is 0.186 e. The van der Waals surface area contributed by atoms with Gasteiger partial charge in [0.1, 0.15) is 16.5 Å². The van der Waals surface area contributed by atoms with Crippen molar-refractivity contribution in [1.82, 2.24) is 4.98 Å². The van der Waals surface area contributed by atoms with E-state index in [1.807, 2.05) is 24.3 Å². The Labute approximate surface area is 109 Å². The Kier molecular flexibility index (Phi) is 4.07. The molecule has 4 nitrogen and oxygen atoms in total. The number of thiazole rings is 1. The number of hydrogen-bond acceptors (Lipinski definition) is 5. The lowest BCUT2D eigenvalue weighted by Gasteiger charge is -2.06. The number of nitrogens with two attached hydrogens (primary N) is 1. The Morgan fingerprint density at radius 3 is 2.89 bits per heavy atom. The van der Waals surface area contributed by atoms with Gasteiger partial charge in [0.2, 0.25) is 0 Å². The molecule has 0 aliphatic carbocycles. The molecular formula is C13H14N2O2S. The predicted molar refractivity (Wildman–Crippen MR) is 71.0 cm³/mol. The van der Waals surface area contributed by atoms with Gasteiger partial charge in [0.05, 0.1) is 7.11 Å². The molecule has 0 saturated heterocycles. The van der Waals surface area contributed by atoms with Crippen molar-refractivity contribution in [1.29, 1.82) is 0 Å². The molecular weight excluding hydrogens is 248 g/mol. The number of para-hydroxylation sites is 1.